The number of carbonyl (C=O) groups excluding carboxylic acids is 1. The average molecular weight is 382 g/mol. The van der Waals surface area contributed by atoms with Gasteiger partial charge in [0.2, 0.25) is 0 Å². The van der Waals surface area contributed by atoms with E-state index >= 15 is 0 Å². The van der Waals surface area contributed by atoms with Crippen molar-refractivity contribution >= 4 is 23.2 Å². The SMILES string of the molecule is CN(OCc1ccc(Cl)cc1)C(=O)c1ccccc1NCc1ccncc1. The van der Waals surface area contributed by atoms with Gasteiger partial charge in [0, 0.05) is 36.7 Å². The van der Waals surface area contributed by atoms with Crippen LogP contribution in [0.1, 0.15) is 21.5 Å². The molecule has 5 nitrogen and oxygen atoms in total. The third-order valence-electron chi connectivity index (χ3n) is 4.01. The maximum absolute atomic E-state index is 12.8. The van der Waals surface area contributed by atoms with Crippen LogP contribution >= 0.6 is 11.6 Å². The van der Waals surface area contributed by atoms with Gasteiger partial charge in [-0.15, -0.1) is 0 Å². The minimum absolute atomic E-state index is 0.221. The van der Waals surface area contributed by atoms with E-state index < -0.39 is 0 Å². The zero-order valence-electron chi connectivity index (χ0n) is 14.9. The van der Waals surface area contributed by atoms with Crippen molar-refractivity contribution in [3.63, 3.8) is 0 Å². The molecule has 0 bridgehead atoms. The molecule has 0 saturated heterocycles. The molecule has 0 fully saturated rings. The highest BCUT2D eigenvalue weighted by molar-refractivity contribution is 6.30. The number of anilines is 1. The van der Waals surface area contributed by atoms with Gasteiger partial charge in [-0.1, -0.05) is 35.9 Å². The van der Waals surface area contributed by atoms with E-state index in [4.69, 9.17) is 16.4 Å². The Morgan fingerprint density at radius 2 is 1.74 bits per heavy atom. The quantitative estimate of drug-likeness (QED) is 0.610. The normalized spacial score (nSPS) is 10.4. The number of aromatic nitrogens is 1. The third kappa shape index (κ3) is 5.29. The van der Waals surface area contributed by atoms with Crippen molar-refractivity contribution < 1.29 is 9.63 Å². The highest BCUT2D eigenvalue weighted by Gasteiger charge is 2.16. The second kappa shape index (κ2) is 9.16. The van der Waals surface area contributed by atoms with Crippen molar-refractivity contribution in [2.24, 2.45) is 0 Å². The first kappa shape index (κ1) is 18.9. The van der Waals surface area contributed by atoms with Crippen LogP contribution < -0.4 is 5.32 Å². The van der Waals surface area contributed by atoms with Crippen LogP contribution in [0.15, 0.2) is 73.1 Å². The van der Waals surface area contributed by atoms with Gasteiger partial charge in [0.05, 0.1) is 5.56 Å². The van der Waals surface area contributed by atoms with E-state index in [9.17, 15) is 4.79 Å². The van der Waals surface area contributed by atoms with Gasteiger partial charge in [-0.25, -0.2) is 5.06 Å². The Hall–Kier alpha value is -2.89. The lowest BCUT2D eigenvalue weighted by Gasteiger charge is -2.19. The number of hydrogen-bond acceptors (Lipinski definition) is 4. The molecule has 138 valence electrons. The molecule has 1 aromatic heterocycles. The zero-order valence-corrected chi connectivity index (χ0v) is 15.7. The minimum atomic E-state index is -0.221. The van der Waals surface area contributed by atoms with Gasteiger partial charge >= 0.3 is 0 Å². The predicted octanol–water partition coefficient (Wildman–Crippen LogP) is 4.55. The van der Waals surface area contributed by atoms with E-state index in [1.165, 1.54) is 5.06 Å². The number of nitrogens with zero attached hydrogens (tertiary/aromatic N) is 2. The lowest BCUT2D eigenvalue weighted by molar-refractivity contribution is -0.116. The maximum Gasteiger partial charge on any atom is 0.279 e. The van der Waals surface area contributed by atoms with Gasteiger partial charge in [-0.2, -0.15) is 0 Å². The second-order valence-electron chi connectivity index (χ2n) is 5.96. The van der Waals surface area contributed by atoms with Gasteiger partial charge in [0.15, 0.2) is 0 Å². The van der Waals surface area contributed by atoms with Crippen LogP contribution in [0.4, 0.5) is 5.69 Å². The number of benzene rings is 2. The Morgan fingerprint density at radius 1 is 1.04 bits per heavy atom. The Kier molecular flexibility index (Phi) is 6.41. The molecular formula is C21H20ClN3O2. The van der Waals surface area contributed by atoms with Gasteiger partial charge in [0.25, 0.3) is 5.91 Å². The van der Waals surface area contributed by atoms with Gasteiger partial charge < -0.3 is 5.32 Å². The Bertz CT molecular complexity index is 885. The molecule has 1 N–H and O–H groups in total. The first-order valence-corrected chi connectivity index (χ1v) is 8.88. The molecule has 0 atom stereocenters. The molecule has 0 saturated carbocycles. The summed E-state index contributed by atoms with van der Waals surface area (Å²) in [6.45, 7) is 0.883. The smallest absolute Gasteiger partial charge is 0.279 e. The number of hydroxylamine groups is 2. The standard InChI is InChI=1S/C21H20ClN3O2/c1-25(27-15-17-6-8-18(22)9-7-17)21(26)19-4-2-3-5-20(19)24-14-16-10-12-23-13-11-16/h2-13,24H,14-15H2,1H3. The van der Waals surface area contributed by atoms with Gasteiger partial charge in [-0.05, 0) is 47.5 Å². The first-order valence-electron chi connectivity index (χ1n) is 8.50. The highest BCUT2D eigenvalue weighted by atomic mass is 35.5. The van der Waals surface area contributed by atoms with E-state index in [1.807, 2.05) is 42.5 Å². The lowest BCUT2D eigenvalue weighted by atomic mass is 10.1. The molecule has 0 unspecified atom stereocenters. The number of nitrogens with one attached hydrogen (secondary N) is 1. The summed E-state index contributed by atoms with van der Waals surface area (Å²) in [6.07, 6.45) is 3.49. The third-order valence-corrected chi connectivity index (χ3v) is 4.27. The van der Waals surface area contributed by atoms with Crippen LogP contribution in [0.5, 0.6) is 0 Å². The maximum atomic E-state index is 12.8. The van der Waals surface area contributed by atoms with Crippen molar-refractivity contribution in [3.8, 4) is 0 Å². The molecule has 0 aliphatic rings. The second-order valence-corrected chi connectivity index (χ2v) is 6.39. The monoisotopic (exact) mass is 381 g/mol. The van der Waals surface area contributed by atoms with Crippen molar-refractivity contribution in [3.05, 3.63) is 94.8 Å². The number of hydrogen-bond donors (Lipinski definition) is 1. The summed E-state index contributed by atoms with van der Waals surface area (Å²) in [5, 5.41) is 5.22. The fourth-order valence-corrected chi connectivity index (χ4v) is 2.63. The molecule has 0 spiro atoms. The topological polar surface area (TPSA) is 54.5 Å². The summed E-state index contributed by atoms with van der Waals surface area (Å²) in [5.41, 5.74) is 3.31. The molecule has 6 heteroatoms. The van der Waals surface area contributed by atoms with Crippen molar-refractivity contribution in [2.75, 3.05) is 12.4 Å². The van der Waals surface area contributed by atoms with E-state index in [2.05, 4.69) is 10.3 Å². The molecular weight excluding hydrogens is 362 g/mol. The molecule has 0 aliphatic heterocycles. The van der Waals surface area contributed by atoms with E-state index in [0.29, 0.717) is 17.1 Å². The minimum Gasteiger partial charge on any atom is -0.380 e. The Labute approximate surface area is 163 Å². The molecule has 3 aromatic rings. The van der Waals surface area contributed by atoms with Crippen LogP contribution in [0.3, 0.4) is 0 Å². The van der Waals surface area contributed by atoms with Crippen LogP contribution in [-0.2, 0) is 18.0 Å². The van der Waals surface area contributed by atoms with Crippen LogP contribution in [-0.4, -0.2) is 23.0 Å². The van der Waals surface area contributed by atoms with E-state index in [-0.39, 0.29) is 12.5 Å². The number of pyridine rings is 1. The molecule has 0 aliphatic carbocycles. The van der Waals surface area contributed by atoms with Crippen LogP contribution in [0.25, 0.3) is 0 Å². The first-order chi connectivity index (χ1) is 13.1. The average Bonchev–Trinajstić information content (AvgIpc) is 2.72. The summed E-state index contributed by atoms with van der Waals surface area (Å²) >= 11 is 5.88. The van der Waals surface area contributed by atoms with Crippen LogP contribution in [0, 0.1) is 0 Å². The number of para-hydroxylation sites is 1. The number of carbonyl (C=O) groups is 1. The predicted molar refractivity (Wildman–Crippen MR) is 106 cm³/mol. The number of halogens is 1. The summed E-state index contributed by atoms with van der Waals surface area (Å²) < 4.78 is 0. The Morgan fingerprint density at radius 3 is 2.48 bits per heavy atom. The molecule has 1 amide bonds. The molecule has 27 heavy (non-hydrogen) atoms. The fourth-order valence-electron chi connectivity index (χ4n) is 2.50. The van der Waals surface area contributed by atoms with E-state index in [1.54, 1.807) is 37.6 Å². The summed E-state index contributed by atoms with van der Waals surface area (Å²) in [4.78, 5) is 22.4. The molecule has 1 heterocycles. The van der Waals surface area contributed by atoms with Crippen molar-refractivity contribution in [2.45, 2.75) is 13.2 Å². The summed E-state index contributed by atoms with van der Waals surface area (Å²) in [6, 6.07) is 18.5. The fraction of sp³-hybridized carbons (Fsp3) is 0.143. The van der Waals surface area contributed by atoms with Crippen molar-refractivity contribution in [1.29, 1.82) is 0 Å². The summed E-state index contributed by atoms with van der Waals surface area (Å²) in [7, 11) is 1.61. The molecule has 2 aromatic carbocycles. The molecule has 0 radical (unpaired) electrons. The summed E-state index contributed by atoms with van der Waals surface area (Å²) in [5.74, 6) is -0.221. The zero-order chi connectivity index (χ0) is 19.1. The van der Waals surface area contributed by atoms with Gasteiger partial charge in [0.1, 0.15) is 6.61 Å². The van der Waals surface area contributed by atoms with E-state index in [0.717, 1.165) is 16.8 Å². The van der Waals surface area contributed by atoms with Crippen LogP contribution in [0.2, 0.25) is 5.02 Å². The number of amides is 1. The lowest BCUT2D eigenvalue weighted by Crippen LogP contribution is -2.27. The highest BCUT2D eigenvalue weighted by Crippen LogP contribution is 2.19. The van der Waals surface area contributed by atoms with Gasteiger partial charge in [-0.3, -0.25) is 14.6 Å². The Balaban J connectivity index is 1.64. The van der Waals surface area contributed by atoms with Crippen molar-refractivity contribution in [1.82, 2.24) is 10.0 Å². The largest absolute Gasteiger partial charge is 0.380 e. The molecule has 3 rings (SSSR count). The number of rotatable bonds is 7.